The Kier molecular flexibility index (Phi) is 6.11. The minimum atomic E-state index is 0.228. The number of nitrogens with zero attached hydrogens (tertiary/aromatic N) is 5. The molecule has 1 aromatic rings. The van der Waals surface area contributed by atoms with E-state index in [1.54, 1.807) is 0 Å². The van der Waals surface area contributed by atoms with Crippen LogP contribution in [0.3, 0.4) is 0 Å². The molecule has 8 heteroatoms. The van der Waals surface area contributed by atoms with Gasteiger partial charge in [0.15, 0.2) is 11.8 Å². The van der Waals surface area contributed by atoms with Crippen LogP contribution in [0, 0.1) is 6.92 Å². The van der Waals surface area contributed by atoms with Gasteiger partial charge in [-0.25, -0.2) is 4.99 Å². The fourth-order valence-electron chi connectivity index (χ4n) is 3.66. The molecule has 26 heavy (non-hydrogen) atoms. The fourth-order valence-corrected chi connectivity index (χ4v) is 3.66. The summed E-state index contributed by atoms with van der Waals surface area (Å²) < 4.78 is 1.97. The molecule has 1 atom stereocenters. The van der Waals surface area contributed by atoms with Crippen molar-refractivity contribution in [3.63, 3.8) is 0 Å². The highest BCUT2D eigenvalue weighted by molar-refractivity contribution is 5.81. The summed E-state index contributed by atoms with van der Waals surface area (Å²) in [5, 5.41) is 15.4. The molecule has 1 amide bonds. The van der Waals surface area contributed by atoms with Crippen LogP contribution in [0.2, 0.25) is 0 Å². The fraction of sp³-hybridized carbons (Fsp3) is 0.778. The predicted molar refractivity (Wildman–Crippen MR) is 101 cm³/mol. The molecule has 2 aliphatic rings. The third-order valence-corrected chi connectivity index (χ3v) is 5.44. The zero-order valence-corrected chi connectivity index (χ0v) is 16.2. The summed E-state index contributed by atoms with van der Waals surface area (Å²) in [5.74, 6) is 2.79. The average Bonchev–Trinajstić information content (AvgIpc) is 3.37. The number of guanidine groups is 1. The van der Waals surface area contributed by atoms with Gasteiger partial charge in [-0.05, 0) is 26.2 Å². The number of aromatic nitrogens is 3. The summed E-state index contributed by atoms with van der Waals surface area (Å²) in [6.45, 7) is 5.92. The molecule has 0 radical (unpaired) electrons. The molecule has 2 heterocycles. The number of carbonyl (C=O) groups is 1. The molecule has 1 aliphatic carbocycles. The molecule has 1 aromatic heterocycles. The molecular formula is C18H31N7O. The first kappa shape index (κ1) is 18.7. The number of hydrogen-bond acceptors (Lipinski definition) is 4. The van der Waals surface area contributed by atoms with Crippen LogP contribution in [-0.2, 0) is 18.4 Å². The molecule has 0 bridgehead atoms. The first-order valence-electron chi connectivity index (χ1n) is 9.77. The number of likely N-dealkylation sites (tertiary alicyclic amines) is 1. The van der Waals surface area contributed by atoms with E-state index in [0.29, 0.717) is 19.0 Å². The Morgan fingerprint density at radius 3 is 2.58 bits per heavy atom. The van der Waals surface area contributed by atoms with E-state index in [0.717, 1.165) is 37.1 Å². The van der Waals surface area contributed by atoms with Gasteiger partial charge in [0.1, 0.15) is 12.4 Å². The third kappa shape index (κ3) is 4.53. The lowest BCUT2D eigenvalue weighted by atomic mass is 10.2. The first-order valence-corrected chi connectivity index (χ1v) is 9.77. The molecule has 8 nitrogen and oxygen atoms in total. The van der Waals surface area contributed by atoms with E-state index in [2.05, 4.69) is 20.8 Å². The van der Waals surface area contributed by atoms with Crippen molar-refractivity contribution in [1.82, 2.24) is 30.3 Å². The van der Waals surface area contributed by atoms with E-state index in [9.17, 15) is 4.79 Å². The number of aliphatic imine (C=N–C) groups is 1. The predicted octanol–water partition coefficient (Wildman–Crippen LogP) is 1.11. The molecule has 3 rings (SSSR count). The van der Waals surface area contributed by atoms with Gasteiger partial charge in [0.05, 0.1) is 0 Å². The summed E-state index contributed by atoms with van der Waals surface area (Å²) in [4.78, 5) is 18.6. The summed E-state index contributed by atoms with van der Waals surface area (Å²) in [6.07, 6.45) is 6.45. The maximum Gasteiger partial charge on any atom is 0.222 e. The number of hydrogen-bond donors (Lipinski definition) is 2. The Labute approximate surface area is 155 Å². The van der Waals surface area contributed by atoms with E-state index in [4.69, 9.17) is 4.99 Å². The summed E-state index contributed by atoms with van der Waals surface area (Å²) in [7, 11) is 1.96. The second-order valence-corrected chi connectivity index (χ2v) is 7.34. The van der Waals surface area contributed by atoms with Crippen LogP contribution in [0.25, 0.3) is 0 Å². The van der Waals surface area contributed by atoms with Crippen LogP contribution in [0.5, 0.6) is 0 Å². The number of aryl methyl sites for hydroxylation is 1. The average molecular weight is 361 g/mol. The van der Waals surface area contributed by atoms with Crippen molar-refractivity contribution in [3.05, 3.63) is 11.6 Å². The van der Waals surface area contributed by atoms with Gasteiger partial charge in [0.25, 0.3) is 0 Å². The highest BCUT2D eigenvalue weighted by Gasteiger charge is 2.26. The molecule has 1 aliphatic heterocycles. The van der Waals surface area contributed by atoms with Crippen molar-refractivity contribution in [2.75, 3.05) is 13.1 Å². The van der Waals surface area contributed by atoms with Crippen LogP contribution in [0.4, 0.5) is 0 Å². The van der Waals surface area contributed by atoms with Gasteiger partial charge in [0, 0.05) is 38.6 Å². The smallest absolute Gasteiger partial charge is 0.222 e. The molecule has 1 saturated carbocycles. The summed E-state index contributed by atoms with van der Waals surface area (Å²) in [5.41, 5.74) is 0. The van der Waals surface area contributed by atoms with Crippen molar-refractivity contribution in [3.8, 4) is 0 Å². The first-order chi connectivity index (χ1) is 12.6. The lowest BCUT2D eigenvalue weighted by Gasteiger charge is -2.21. The molecule has 144 valence electrons. The number of amides is 1. The van der Waals surface area contributed by atoms with Crippen molar-refractivity contribution in [2.45, 2.75) is 71.0 Å². The molecule has 2 fully saturated rings. The van der Waals surface area contributed by atoms with E-state index >= 15 is 0 Å². The Balaban J connectivity index is 1.64. The standard InChI is InChI=1S/C18H31N7O/c1-4-17(26)25-10-9-15(12-25)21-18(20-14-7-5-6-8-14)19-11-16-23-22-13(2)24(16)3/h14-15H,4-12H2,1-3H3,(H2,19,20,21). The summed E-state index contributed by atoms with van der Waals surface area (Å²) >= 11 is 0. The van der Waals surface area contributed by atoms with E-state index in [1.165, 1.54) is 25.7 Å². The lowest BCUT2D eigenvalue weighted by Crippen LogP contribution is -2.48. The normalized spacial score (nSPS) is 21.4. The highest BCUT2D eigenvalue weighted by atomic mass is 16.2. The van der Waals surface area contributed by atoms with Crippen molar-refractivity contribution >= 4 is 11.9 Å². The van der Waals surface area contributed by atoms with Gasteiger partial charge in [-0.3, -0.25) is 4.79 Å². The van der Waals surface area contributed by atoms with Crippen molar-refractivity contribution in [2.24, 2.45) is 12.0 Å². The van der Waals surface area contributed by atoms with Crippen LogP contribution in [0.1, 0.15) is 57.1 Å². The van der Waals surface area contributed by atoms with Gasteiger partial charge in [-0.15, -0.1) is 10.2 Å². The monoisotopic (exact) mass is 361 g/mol. The van der Waals surface area contributed by atoms with E-state index < -0.39 is 0 Å². The van der Waals surface area contributed by atoms with Crippen LogP contribution >= 0.6 is 0 Å². The second kappa shape index (κ2) is 8.51. The van der Waals surface area contributed by atoms with Crippen molar-refractivity contribution in [1.29, 1.82) is 0 Å². The Morgan fingerprint density at radius 2 is 1.92 bits per heavy atom. The van der Waals surface area contributed by atoms with Crippen molar-refractivity contribution < 1.29 is 4.79 Å². The van der Waals surface area contributed by atoms with Gasteiger partial charge >= 0.3 is 0 Å². The van der Waals surface area contributed by atoms with Gasteiger partial charge in [-0.2, -0.15) is 0 Å². The molecule has 0 aromatic carbocycles. The Morgan fingerprint density at radius 1 is 1.19 bits per heavy atom. The zero-order chi connectivity index (χ0) is 18.5. The molecule has 2 N–H and O–H groups in total. The van der Waals surface area contributed by atoms with E-state index in [1.807, 2.05) is 30.4 Å². The van der Waals surface area contributed by atoms with Crippen LogP contribution in [-0.4, -0.2) is 56.7 Å². The molecule has 0 spiro atoms. The summed E-state index contributed by atoms with van der Waals surface area (Å²) in [6, 6.07) is 0.733. The van der Waals surface area contributed by atoms with Gasteiger partial charge < -0.3 is 20.1 Å². The Bertz CT molecular complexity index is 648. The van der Waals surface area contributed by atoms with Gasteiger partial charge in [0.2, 0.25) is 5.91 Å². The van der Waals surface area contributed by atoms with E-state index in [-0.39, 0.29) is 11.9 Å². The lowest BCUT2D eigenvalue weighted by molar-refractivity contribution is -0.129. The third-order valence-electron chi connectivity index (χ3n) is 5.44. The molecule has 1 saturated heterocycles. The second-order valence-electron chi connectivity index (χ2n) is 7.34. The van der Waals surface area contributed by atoms with Gasteiger partial charge in [-0.1, -0.05) is 19.8 Å². The zero-order valence-electron chi connectivity index (χ0n) is 16.2. The maximum absolute atomic E-state index is 11.9. The highest BCUT2D eigenvalue weighted by Crippen LogP contribution is 2.18. The maximum atomic E-state index is 11.9. The number of nitrogens with one attached hydrogen (secondary N) is 2. The molecular weight excluding hydrogens is 330 g/mol. The van der Waals surface area contributed by atoms with Crippen LogP contribution < -0.4 is 10.6 Å². The quantitative estimate of drug-likeness (QED) is 0.606. The SMILES string of the molecule is CCC(=O)N1CCC(NC(=NCc2nnc(C)n2C)NC2CCCC2)C1. The minimum Gasteiger partial charge on any atom is -0.354 e. The largest absolute Gasteiger partial charge is 0.354 e. The Hall–Kier alpha value is -2.12. The topological polar surface area (TPSA) is 87.4 Å². The van der Waals surface area contributed by atoms with Crippen LogP contribution in [0.15, 0.2) is 4.99 Å². The minimum absolute atomic E-state index is 0.228. The number of rotatable bonds is 5. The molecule has 1 unspecified atom stereocenters. The number of carbonyl (C=O) groups excluding carboxylic acids is 1.